The number of fused-ring (bicyclic) bond motifs is 1. The van der Waals surface area contributed by atoms with E-state index in [2.05, 4.69) is 0 Å². The molecule has 0 spiro atoms. The monoisotopic (exact) mass is 257 g/mol. The van der Waals surface area contributed by atoms with Crippen molar-refractivity contribution >= 4 is 17.2 Å². The van der Waals surface area contributed by atoms with Crippen LogP contribution in [0.4, 0.5) is 13.2 Å². The molecule has 0 saturated heterocycles. The number of aryl methyl sites for hydroxylation is 1. The Kier molecular flexibility index (Phi) is 2.80. The molecule has 1 aromatic heterocycles. The van der Waals surface area contributed by atoms with Crippen LogP contribution in [0.5, 0.6) is 5.75 Å². The van der Waals surface area contributed by atoms with E-state index in [9.17, 15) is 23.1 Å². The number of halogens is 3. The van der Waals surface area contributed by atoms with Gasteiger partial charge in [-0.15, -0.1) is 0 Å². The first-order chi connectivity index (χ1) is 8.33. The van der Waals surface area contributed by atoms with Gasteiger partial charge in [-0.1, -0.05) is 0 Å². The lowest BCUT2D eigenvalue weighted by Crippen LogP contribution is -2.19. The second-order valence-corrected chi connectivity index (χ2v) is 4.03. The summed E-state index contributed by atoms with van der Waals surface area (Å²) in [5.41, 5.74) is 0.678. The van der Waals surface area contributed by atoms with Crippen molar-refractivity contribution < 1.29 is 23.1 Å². The predicted octanol–water partition coefficient (Wildman–Crippen LogP) is 3.03. The summed E-state index contributed by atoms with van der Waals surface area (Å²) in [6.45, 7) is 0.360. The molecule has 6 heteroatoms. The van der Waals surface area contributed by atoms with E-state index in [4.69, 9.17) is 0 Å². The Morgan fingerprint density at radius 1 is 1.39 bits per heavy atom. The van der Waals surface area contributed by atoms with Gasteiger partial charge in [-0.25, -0.2) is 0 Å². The van der Waals surface area contributed by atoms with E-state index >= 15 is 0 Å². The fourth-order valence-corrected chi connectivity index (χ4v) is 1.94. The standard InChI is InChI=1S/C12H10F3NO2/c1-7-9-4-8(5-17)16(6-12(13,14)15)10(9)2-3-11(7)18/h2-5,18H,6H2,1H3. The third-order valence-electron chi connectivity index (χ3n) is 2.82. The van der Waals surface area contributed by atoms with E-state index < -0.39 is 12.7 Å². The summed E-state index contributed by atoms with van der Waals surface area (Å²) in [6, 6.07) is 4.04. The number of alkyl halides is 3. The molecule has 0 radical (unpaired) electrons. The van der Waals surface area contributed by atoms with Crippen molar-refractivity contribution in [2.45, 2.75) is 19.6 Å². The van der Waals surface area contributed by atoms with Gasteiger partial charge in [0.25, 0.3) is 0 Å². The Labute approximate surface area is 100 Å². The van der Waals surface area contributed by atoms with E-state index in [1.807, 2.05) is 0 Å². The number of aldehydes is 1. The zero-order chi connectivity index (χ0) is 13.5. The van der Waals surface area contributed by atoms with Gasteiger partial charge in [0.2, 0.25) is 0 Å². The van der Waals surface area contributed by atoms with E-state index in [0.717, 1.165) is 4.57 Å². The molecule has 1 heterocycles. The van der Waals surface area contributed by atoms with E-state index in [1.165, 1.54) is 18.2 Å². The van der Waals surface area contributed by atoms with Crippen molar-refractivity contribution in [1.29, 1.82) is 0 Å². The number of phenolic OH excluding ortho intramolecular Hbond substituents is 1. The smallest absolute Gasteiger partial charge is 0.406 e. The molecule has 1 aromatic carbocycles. The van der Waals surface area contributed by atoms with Crippen molar-refractivity contribution in [1.82, 2.24) is 4.57 Å². The second kappa shape index (κ2) is 4.04. The number of aromatic hydroxyl groups is 1. The van der Waals surface area contributed by atoms with Gasteiger partial charge in [-0.3, -0.25) is 4.79 Å². The molecule has 18 heavy (non-hydrogen) atoms. The van der Waals surface area contributed by atoms with Gasteiger partial charge in [-0.2, -0.15) is 13.2 Å². The normalized spacial score (nSPS) is 12.0. The minimum Gasteiger partial charge on any atom is -0.508 e. The lowest BCUT2D eigenvalue weighted by molar-refractivity contribution is -0.140. The summed E-state index contributed by atoms with van der Waals surface area (Å²) in [4.78, 5) is 10.8. The molecular weight excluding hydrogens is 247 g/mol. The second-order valence-electron chi connectivity index (χ2n) is 4.03. The molecule has 0 aliphatic rings. The maximum Gasteiger partial charge on any atom is 0.406 e. The van der Waals surface area contributed by atoms with Crippen molar-refractivity contribution in [3.63, 3.8) is 0 Å². The van der Waals surface area contributed by atoms with E-state index in [-0.39, 0.29) is 17.0 Å². The molecule has 3 nitrogen and oxygen atoms in total. The highest BCUT2D eigenvalue weighted by molar-refractivity contribution is 5.92. The van der Waals surface area contributed by atoms with E-state index in [1.54, 1.807) is 6.92 Å². The van der Waals surface area contributed by atoms with Crippen LogP contribution in [-0.4, -0.2) is 22.1 Å². The predicted molar refractivity (Wildman–Crippen MR) is 59.8 cm³/mol. The van der Waals surface area contributed by atoms with Crippen molar-refractivity contribution in [2.24, 2.45) is 0 Å². The van der Waals surface area contributed by atoms with Gasteiger partial charge in [0.15, 0.2) is 6.29 Å². The third-order valence-corrected chi connectivity index (χ3v) is 2.82. The Hall–Kier alpha value is -1.98. The molecule has 0 unspecified atom stereocenters. The molecule has 0 amide bonds. The first-order valence-electron chi connectivity index (χ1n) is 5.17. The minimum absolute atomic E-state index is 0.0101. The Balaban J connectivity index is 2.71. The topological polar surface area (TPSA) is 42.2 Å². The first-order valence-corrected chi connectivity index (χ1v) is 5.17. The number of nitrogens with zero attached hydrogens (tertiary/aromatic N) is 1. The Morgan fingerprint density at radius 3 is 2.61 bits per heavy atom. The maximum atomic E-state index is 12.5. The number of carbonyl (C=O) groups excluding carboxylic acids is 1. The van der Waals surface area contributed by atoms with Crippen LogP contribution in [0.15, 0.2) is 18.2 Å². The fraction of sp³-hybridized carbons (Fsp3) is 0.250. The quantitative estimate of drug-likeness (QED) is 0.840. The molecule has 0 aliphatic heterocycles. The van der Waals surface area contributed by atoms with Gasteiger partial charge in [0.1, 0.15) is 12.3 Å². The molecule has 2 aromatic rings. The number of aromatic nitrogens is 1. The van der Waals surface area contributed by atoms with E-state index in [0.29, 0.717) is 17.2 Å². The molecule has 0 atom stereocenters. The summed E-state index contributed by atoms with van der Waals surface area (Å²) >= 11 is 0. The van der Waals surface area contributed by atoms with Crippen LogP contribution in [-0.2, 0) is 6.54 Å². The molecule has 0 aliphatic carbocycles. The number of hydrogen-bond donors (Lipinski definition) is 1. The summed E-state index contributed by atoms with van der Waals surface area (Å²) in [5, 5.41) is 9.95. The number of rotatable bonds is 2. The molecule has 1 N–H and O–H groups in total. The first kappa shape index (κ1) is 12.5. The average Bonchev–Trinajstić information content (AvgIpc) is 2.60. The largest absolute Gasteiger partial charge is 0.508 e. The van der Waals surface area contributed by atoms with Gasteiger partial charge >= 0.3 is 6.18 Å². The van der Waals surface area contributed by atoms with Crippen molar-refractivity contribution in [3.05, 3.63) is 29.5 Å². The zero-order valence-corrected chi connectivity index (χ0v) is 9.45. The van der Waals surface area contributed by atoms with Crippen LogP contribution in [0, 0.1) is 6.92 Å². The maximum absolute atomic E-state index is 12.5. The van der Waals surface area contributed by atoms with Crippen LogP contribution in [0.2, 0.25) is 0 Å². The van der Waals surface area contributed by atoms with Gasteiger partial charge in [0, 0.05) is 16.5 Å². The van der Waals surface area contributed by atoms with Crippen LogP contribution < -0.4 is 0 Å². The van der Waals surface area contributed by atoms with Crippen LogP contribution in [0.1, 0.15) is 16.1 Å². The Morgan fingerprint density at radius 2 is 2.06 bits per heavy atom. The van der Waals surface area contributed by atoms with Crippen LogP contribution >= 0.6 is 0 Å². The minimum atomic E-state index is -4.41. The number of hydrogen-bond acceptors (Lipinski definition) is 2. The molecule has 96 valence electrons. The fourth-order valence-electron chi connectivity index (χ4n) is 1.94. The van der Waals surface area contributed by atoms with Crippen LogP contribution in [0.25, 0.3) is 10.9 Å². The number of benzene rings is 1. The molecule has 2 rings (SSSR count). The van der Waals surface area contributed by atoms with Gasteiger partial charge in [-0.05, 0) is 25.1 Å². The average molecular weight is 257 g/mol. The van der Waals surface area contributed by atoms with Gasteiger partial charge in [0.05, 0.1) is 5.69 Å². The SMILES string of the molecule is Cc1c(O)ccc2c1cc(C=O)n2CC(F)(F)F. The summed E-state index contributed by atoms with van der Waals surface area (Å²) in [5.74, 6) is -0.0101. The van der Waals surface area contributed by atoms with Crippen molar-refractivity contribution in [2.75, 3.05) is 0 Å². The lowest BCUT2D eigenvalue weighted by Gasteiger charge is -2.11. The highest BCUT2D eigenvalue weighted by atomic mass is 19.4. The number of phenols is 1. The highest BCUT2D eigenvalue weighted by Crippen LogP contribution is 2.30. The molecule has 0 bridgehead atoms. The van der Waals surface area contributed by atoms with Crippen LogP contribution in [0.3, 0.4) is 0 Å². The number of carbonyl (C=O) groups is 1. The highest BCUT2D eigenvalue weighted by Gasteiger charge is 2.30. The molecular formula is C12H10F3NO2. The summed E-state index contributed by atoms with van der Waals surface area (Å²) < 4.78 is 38.3. The summed E-state index contributed by atoms with van der Waals surface area (Å²) in [7, 11) is 0. The third kappa shape index (κ3) is 2.05. The van der Waals surface area contributed by atoms with Gasteiger partial charge < -0.3 is 9.67 Å². The molecule has 0 saturated carbocycles. The molecule has 0 fully saturated rings. The van der Waals surface area contributed by atoms with Crippen molar-refractivity contribution in [3.8, 4) is 5.75 Å². The lowest BCUT2D eigenvalue weighted by atomic mass is 10.1. The Bertz CT molecular complexity index is 614. The zero-order valence-electron chi connectivity index (χ0n) is 9.45. The summed E-state index contributed by atoms with van der Waals surface area (Å²) in [6.07, 6.45) is -4.03.